The zero-order valence-electron chi connectivity index (χ0n) is 10.4. The molecule has 3 rings (SSSR count). The standard InChI is InChI=1S/C14H17F2N.ClH/c1-14-6-5-9-10(12(14)7-17-8-14)3-2-4-11(9)13(15)16;/h2-4,12-13,17H,5-8H2,1H3;1H/t12-,14+;/m0./s1. The molecule has 1 heterocycles. The third-order valence-electron chi connectivity index (χ3n) is 4.52. The van der Waals surface area contributed by atoms with E-state index >= 15 is 0 Å². The molecule has 18 heavy (non-hydrogen) atoms. The second-order valence-corrected chi connectivity index (χ2v) is 5.55. The highest BCUT2D eigenvalue weighted by atomic mass is 35.5. The van der Waals surface area contributed by atoms with Gasteiger partial charge in [-0.25, -0.2) is 8.78 Å². The van der Waals surface area contributed by atoms with Gasteiger partial charge in [-0.3, -0.25) is 0 Å². The number of fused-ring (bicyclic) bond motifs is 3. The van der Waals surface area contributed by atoms with Crippen LogP contribution in [-0.4, -0.2) is 13.1 Å². The summed E-state index contributed by atoms with van der Waals surface area (Å²) in [4.78, 5) is 0. The zero-order valence-corrected chi connectivity index (χ0v) is 11.2. The summed E-state index contributed by atoms with van der Waals surface area (Å²) in [5, 5.41) is 3.41. The van der Waals surface area contributed by atoms with Gasteiger partial charge in [0.15, 0.2) is 0 Å². The summed E-state index contributed by atoms with van der Waals surface area (Å²) in [6.45, 7) is 4.21. The number of hydrogen-bond donors (Lipinski definition) is 1. The lowest BCUT2D eigenvalue weighted by atomic mass is 9.66. The number of nitrogens with one attached hydrogen (secondary N) is 1. The summed E-state index contributed by atoms with van der Waals surface area (Å²) in [5.41, 5.74) is 2.57. The molecular formula is C14H18ClF2N. The van der Waals surface area contributed by atoms with Crippen molar-refractivity contribution in [2.24, 2.45) is 5.41 Å². The van der Waals surface area contributed by atoms with Gasteiger partial charge in [-0.05, 0) is 29.4 Å². The van der Waals surface area contributed by atoms with Gasteiger partial charge in [-0.1, -0.05) is 25.1 Å². The Balaban J connectivity index is 0.00000120. The molecule has 0 radical (unpaired) electrons. The first-order chi connectivity index (χ1) is 8.12. The highest BCUT2D eigenvalue weighted by molar-refractivity contribution is 5.85. The first-order valence-corrected chi connectivity index (χ1v) is 6.22. The Morgan fingerprint density at radius 1 is 1.39 bits per heavy atom. The fourth-order valence-electron chi connectivity index (χ4n) is 3.47. The number of alkyl halides is 2. The van der Waals surface area contributed by atoms with Crippen LogP contribution in [0, 0.1) is 5.41 Å². The number of rotatable bonds is 1. The molecule has 1 saturated heterocycles. The quantitative estimate of drug-likeness (QED) is 0.823. The molecule has 100 valence electrons. The molecule has 0 unspecified atom stereocenters. The fraction of sp³-hybridized carbons (Fsp3) is 0.571. The zero-order chi connectivity index (χ0) is 12.0. The van der Waals surface area contributed by atoms with Gasteiger partial charge in [-0.15, -0.1) is 12.4 Å². The molecule has 4 heteroatoms. The van der Waals surface area contributed by atoms with Gasteiger partial charge in [0.25, 0.3) is 6.43 Å². The topological polar surface area (TPSA) is 12.0 Å². The Hall–Kier alpha value is -0.670. The normalized spacial score (nSPS) is 29.7. The van der Waals surface area contributed by atoms with Crippen LogP contribution in [0.1, 0.15) is 42.4 Å². The predicted octanol–water partition coefficient (Wildman–Crippen LogP) is 3.69. The maximum Gasteiger partial charge on any atom is 0.264 e. The molecule has 0 bridgehead atoms. The number of hydrogen-bond acceptors (Lipinski definition) is 1. The minimum absolute atomic E-state index is 0. The van der Waals surface area contributed by atoms with Gasteiger partial charge in [0, 0.05) is 24.6 Å². The van der Waals surface area contributed by atoms with Gasteiger partial charge in [0.1, 0.15) is 0 Å². The molecule has 0 amide bonds. The average molecular weight is 274 g/mol. The van der Waals surface area contributed by atoms with E-state index in [-0.39, 0.29) is 23.4 Å². The van der Waals surface area contributed by atoms with Crippen molar-refractivity contribution in [1.29, 1.82) is 0 Å². The van der Waals surface area contributed by atoms with E-state index in [0.717, 1.165) is 37.1 Å². The predicted molar refractivity (Wildman–Crippen MR) is 70.7 cm³/mol. The second-order valence-electron chi connectivity index (χ2n) is 5.55. The average Bonchev–Trinajstić information content (AvgIpc) is 2.70. The molecule has 1 aliphatic heterocycles. The van der Waals surface area contributed by atoms with Gasteiger partial charge < -0.3 is 5.32 Å². The minimum atomic E-state index is -2.34. The Morgan fingerprint density at radius 3 is 2.89 bits per heavy atom. The Bertz CT molecular complexity index is 449. The molecule has 1 fully saturated rings. The van der Waals surface area contributed by atoms with Crippen LogP contribution in [0.15, 0.2) is 18.2 Å². The first-order valence-electron chi connectivity index (χ1n) is 6.22. The Morgan fingerprint density at radius 2 is 2.17 bits per heavy atom. The van der Waals surface area contributed by atoms with Gasteiger partial charge >= 0.3 is 0 Å². The summed E-state index contributed by atoms with van der Waals surface area (Å²) < 4.78 is 26.0. The van der Waals surface area contributed by atoms with Crippen molar-refractivity contribution in [1.82, 2.24) is 5.32 Å². The van der Waals surface area contributed by atoms with Crippen LogP contribution in [-0.2, 0) is 6.42 Å². The van der Waals surface area contributed by atoms with Crippen LogP contribution in [0.4, 0.5) is 8.78 Å². The van der Waals surface area contributed by atoms with E-state index < -0.39 is 6.43 Å². The van der Waals surface area contributed by atoms with Crippen LogP contribution in [0.25, 0.3) is 0 Å². The van der Waals surface area contributed by atoms with Gasteiger partial charge in [-0.2, -0.15) is 0 Å². The lowest BCUT2D eigenvalue weighted by Gasteiger charge is -2.37. The first kappa shape index (κ1) is 13.8. The fourth-order valence-corrected chi connectivity index (χ4v) is 3.47. The molecule has 2 atom stereocenters. The molecule has 0 aromatic heterocycles. The SMILES string of the molecule is C[C@]12CCc3c(C(F)F)cccc3[C@@H]1CNC2.Cl. The number of benzene rings is 1. The molecular weight excluding hydrogens is 256 g/mol. The molecule has 1 nitrogen and oxygen atoms in total. The summed E-state index contributed by atoms with van der Waals surface area (Å²) in [5.74, 6) is 0.407. The van der Waals surface area contributed by atoms with E-state index in [9.17, 15) is 8.78 Å². The van der Waals surface area contributed by atoms with Crippen molar-refractivity contribution in [3.05, 3.63) is 34.9 Å². The third-order valence-corrected chi connectivity index (χ3v) is 4.52. The highest BCUT2D eigenvalue weighted by Crippen LogP contribution is 2.48. The van der Waals surface area contributed by atoms with E-state index in [1.54, 1.807) is 12.1 Å². The third kappa shape index (κ3) is 1.94. The van der Waals surface area contributed by atoms with Crippen LogP contribution in [0.2, 0.25) is 0 Å². The van der Waals surface area contributed by atoms with Crippen molar-refractivity contribution >= 4 is 12.4 Å². The monoisotopic (exact) mass is 273 g/mol. The second kappa shape index (κ2) is 4.78. The molecule has 1 aromatic rings. The minimum Gasteiger partial charge on any atom is -0.316 e. The smallest absolute Gasteiger partial charge is 0.264 e. The van der Waals surface area contributed by atoms with Gasteiger partial charge in [0.2, 0.25) is 0 Å². The van der Waals surface area contributed by atoms with Crippen LogP contribution in [0.5, 0.6) is 0 Å². The van der Waals surface area contributed by atoms with Crippen LogP contribution < -0.4 is 5.32 Å². The van der Waals surface area contributed by atoms with Crippen LogP contribution in [0.3, 0.4) is 0 Å². The Kier molecular flexibility index (Phi) is 3.65. The van der Waals surface area contributed by atoms with E-state index in [4.69, 9.17) is 0 Å². The van der Waals surface area contributed by atoms with Crippen LogP contribution >= 0.6 is 12.4 Å². The molecule has 0 saturated carbocycles. The highest BCUT2D eigenvalue weighted by Gasteiger charge is 2.43. The van der Waals surface area contributed by atoms with Crippen molar-refractivity contribution < 1.29 is 8.78 Å². The Labute approximate surface area is 112 Å². The summed E-state index contributed by atoms with van der Waals surface area (Å²) in [6.07, 6.45) is -0.532. The molecule has 1 N–H and O–H groups in total. The number of halogens is 3. The van der Waals surface area contributed by atoms with E-state index in [1.807, 2.05) is 6.07 Å². The lowest BCUT2D eigenvalue weighted by molar-refractivity contribution is 0.148. The molecule has 1 aromatic carbocycles. The summed E-state index contributed by atoms with van der Waals surface area (Å²) in [7, 11) is 0. The van der Waals surface area contributed by atoms with Gasteiger partial charge in [0.05, 0.1) is 0 Å². The molecule has 0 spiro atoms. The lowest BCUT2D eigenvalue weighted by Crippen LogP contribution is -2.30. The maximum absolute atomic E-state index is 13.0. The van der Waals surface area contributed by atoms with E-state index in [2.05, 4.69) is 12.2 Å². The van der Waals surface area contributed by atoms with Crippen molar-refractivity contribution in [3.63, 3.8) is 0 Å². The van der Waals surface area contributed by atoms with E-state index in [0.29, 0.717) is 5.92 Å². The molecule has 2 aliphatic rings. The summed E-state index contributed by atoms with van der Waals surface area (Å²) in [6, 6.07) is 5.40. The van der Waals surface area contributed by atoms with Crippen molar-refractivity contribution in [2.75, 3.05) is 13.1 Å². The summed E-state index contributed by atoms with van der Waals surface area (Å²) >= 11 is 0. The van der Waals surface area contributed by atoms with E-state index in [1.165, 1.54) is 0 Å². The largest absolute Gasteiger partial charge is 0.316 e. The van der Waals surface area contributed by atoms with Crippen molar-refractivity contribution in [2.45, 2.75) is 32.1 Å². The molecule has 1 aliphatic carbocycles. The van der Waals surface area contributed by atoms with Crippen molar-refractivity contribution in [3.8, 4) is 0 Å². The maximum atomic E-state index is 13.0.